The van der Waals surface area contributed by atoms with Gasteiger partial charge >= 0.3 is 12.1 Å². The molecule has 0 fully saturated rings. The van der Waals surface area contributed by atoms with Crippen molar-refractivity contribution in [2.45, 2.75) is 39.5 Å². The smallest absolute Gasteiger partial charge is 0.410 e. The molecule has 1 aromatic heterocycles. The van der Waals surface area contributed by atoms with Gasteiger partial charge in [-0.1, -0.05) is 12.1 Å². The van der Waals surface area contributed by atoms with Gasteiger partial charge in [0.05, 0.1) is 22.4 Å². The summed E-state index contributed by atoms with van der Waals surface area (Å²) in [6, 6.07) is 5.79. The van der Waals surface area contributed by atoms with Gasteiger partial charge < -0.3 is 19.3 Å². The van der Waals surface area contributed by atoms with Crippen LogP contribution in [0, 0.1) is 5.82 Å². The molecule has 6 nitrogen and oxygen atoms in total. The zero-order valence-electron chi connectivity index (χ0n) is 15.3. The highest BCUT2D eigenvalue weighted by molar-refractivity contribution is 9.10. The molecule has 0 saturated carbocycles. The SMILES string of the molecule is CC(C)(C)OC(=O)N1CCn2c(Br)c(-c3cccc(F)c3)c(C(=O)O)c2C1. The second-order valence-corrected chi connectivity index (χ2v) is 8.11. The molecule has 1 aromatic carbocycles. The Kier molecular flexibility index (Phi) is 5.03. The number of hydrogen-bond acceptors (Lipinski definition) is 3. The number of carbonyl (C=O) groups is 2. The molecule has 0 aliphatic carbocycles. The molecule has 1 N–H and O–H groups in total. The fraction of sp³-hybridized carbons (Fsp3) is 0.368. The van der Waals surface area contributed by atoms with Crippen LogP contribution in [0.4, 0.5) is 9.18 Å². The van der Waals surface area contributed by atoms with Gasteiger partial charge in [0.25, 0.3) is 0 Å². The Labute approximate surface area is 164 Å². The Morgan fingerprint density at radius 1 is 1.26 bits per heavy atom. The maximum absolute atomic E-state index is 13.7. The zero-order chi connectivity index (χ0) is 19.9. The third-order valence-corrected chi connectivity index (χ3v) is 5.05. The minimum Gasteiger partial charge on any atom is -0.478 e. The molecule has 1 amide bonds. The Morgan fingerprint density at radius 3 is 2.56 bits per heavy atom. The average Bonchev–Trinajstić information content (AvgIpc) is 2.86. The molecule has 144 valence electrons. The number of nitrogens with zero attached hydrogens (tertiary/aromatic N) is 2. The predicted octanol–water partition coefficient (Wildman–Crippen LogP) is 4.51. The van der Waals surface area contributed by atoms with Gasteiger partial charge in [0.2, 0.25) is 0 Å². The Bertz CT molecular complexity index is 917. The minimum absolute atomic E-state index is 0.0562. The van der Waals surface area contributed by atoms with Crippen molar-refractivity contribution in [2.24, 2.45) is 0 Å². The lowest BCUT2D eigenvalue weighted by molar-refractivity contribution is 0.0195. The number of hydrogen-bond donors (Lipinski definition) is 1. The fourth-order valence-electron chi connectivity index (χ4n) is 3.13. The number of halogens is 2. The Balaban J connectivity index is 2.05. The average molecular weight is 439 g/mol. The number of carboxylic acid groups (broad SMARTS) is 1. The van der Waals surface area contributed by atoms with Crippen molar-refractivity contribution in [3.63, 3.8) is 0 Å². The molecule has 0 saturated heterocycles. The van der Waals surface area contributed by atoms with Gasteiger partial charge in [-0.15, -0.1) is 0 Å². The summed E-state index contributed by atoms with van der Waals surface area (Å²) in [7, 11) is 0. The molecular formula is C19H20BrFN2O4. The first kappa shape index (κ1) is 19.4. The largest absolute Gasteiger partial charge is 0.478 e. The molecule has 0 bridgehead atoms. The summed E-state index contributed by atoms with van der Waals surface area (Å²) in [5.41, 5.74) is 0.763. The highest BCUT2D eigenvalue weighted by Crippen LogP contribution is 2.39. The van der Waals surface area contributed by atoms with Gasteiger partial charge in [-0.3, -0.25) is 0 Å². The van der Waals surface area contributed by atoms with Crippen LogP contribution in [0.15, 0.2) is 28.9 Å². The van der Waals surface area contributed by atoms with Crippen LogP contribution >= 0.6 is 15.9 Å². The van der Waals surface area contributed by atoms with E-state index in [1.54, 1.807) is 26.8 Å². The molecule has 27 heavy (non-hydrogen) atoms. The molecule has 2 heterocycles. The number of carboxylic acids is 1. The normalized spacial score (nSPS) is 14.0. The quantitative estimate of drug-likeness (QED) is 0.748. The lowest BCUT2D eigenvalue weighted by Crippen LogP contribution is -2.41. The van der Waals surface area contributed by atoms with E-state index in [0.29, 0.717) is 34.5 Å². The maximum atomic E-state index is 13.7. The number of aromatic nitrogens is 1. The number of rotatable bonds is 2. The van der Waals surface area contributed by atoms with Crippen LogP contribution in [0.2, 0.25) is 0 Å². The first-order valence-corrected chi connectivity index (χ1v) is 9.26. The van der Waals surface area contributed by atoms with Crippen LogP contribution in [-0.4, -0.2) is 38.8 Å². The molecule has 1 aliphatic rings. The van der Waals surface area contributed by atoms with E-state index >= 15 is 0 Å². The molecule has 0 spiro atoms. The number of fused-ring (bicyclic) bond motifs is 1. The Hall–Kier alpha value is -2.35. The van der Waals surface area contributed by atoms with E-state index in [0.717, 1.165) is 0 Å². The van der Waals surface area contributed by atoms with Crippen molar-refractivity contribution in [1.29, 1.82) is 0 Å². The molecule has 0 atom stereocenters. The molecule has 1 aliphatic heterocycles. The highest BCUT2D eigenvalue weighted by atomic mass is 79.9. The van der Waals surface area contributed by atoms with Gasteiger partial charge in [-0.05, 0) is 54.4 Å². The van der Waals surface area contributed by atoms with E-state index in [4.69, 9.17) is 4.74 Å². The summed E-state index contributed by atoms with van der Waals surface area (Å²) in [5.74, 6) is -1.58. The summed E-state index contributed by atoms with van der Waals surface area (Å²) < 4.78 is 21.5. The molecule has 0 unspecified atom stereocenters. The predicted molar refractivity (Wildman–Crippen MR) is 101 cm³/mol. The van der Waals surface area contributed by atoms with E-state index in [1.807, 2.05) is 4.57 Å². The third kappa shape index (κ3) is 3.85. The van der Waals surface area contributed by atoms with E-state index in [9.17, 15) is 19.1 Å². The number of amides is 1. The van der Waals surface area contributed by atoms with Crippen molar-refractivity contribution in [2.75, 3.05) is 6.54 Å². The van der Waals surface area contributed by atoms with Gasteiger partial charge in [0.15, 0.2) is 0 Å². The van der Waals surface area contributed by atoms with E-state index in [2.05, 4.69) is 15.9 Å². The monoisotopic (exact) mass is 438 g/mol. The second-order valence-electron chi connectivity index (χ2n) is 7.36. The summed E-state index contributed by atoms with van der Waals surface area (Å²) in [6.45, 7) is 6.22. The topological polar surface area (TPSA) is 71.8 Å². The van der Waals surface area contributed by atoms with Crippen molar-refractivity contribution in [1.82, 2.24) is 9.47 Å². The standard InChI is InChI=1S/C19H20BrFN2O4/c1-19(2,3)27-18(26)22-7-8-23-13(10-22)15(17(24)25)14(16(23)20)11-5-4-6-12(21)9-11/h4-6,9H,7-8,10H2,1-3H3,(H,24,25). The number of aromatic carboxylic acids is 1. The van der Waals surface area contributed by atoms with Gasteiger partial charge in [-0.25, -0.2) is 14.0 Å². The van der Waals surface area contributed by atoms with Crippen molar-refractivity contribution in [3.8, 4) is 11.1 Å². The maximum Gasteiger partial charge on any atom is 0.410 e. The van der Waals surface area contributed by atoms with E-state index in [-0.39, 0.29) is 12.1 Å². The fourth-order valence-corrected chi connectivity index (χ4v) is 3.95. The molecule has 3 rings (SSSR count). The minimum atomic E-state index is -1.13. The second kappa shape index (κ2) is 6.99. The van der Waals surface area contributed by atoms with Gasteiger partial charge in [0, 0.05) is 18.7 Å². The van der Waals surface area contributed by atoms with E-state index < -0.39 is 23.5 Å². The van der Waals surface area contributed by atoms with Crippen LogP contribution in [0.5, 0.6) is 0 Å². The van der Waals surface area contributed by atoms with E-state index in [1.165, 1.54) is 23.1 Å². The van der Waals surface area contributed by atoms with Crippen LogP contribution in [0.25, 0.3) is 11.1 Å². The summed E-state index contributed by atoms with van der Waals surface area (Å²) in [6.07, 6.45) is -0.491. The van der Waals surface area contributed by atoms with Crippen molar-refractivity contribution >= 4 is 28.0 Å². The lowest BCUT2D eigenvalue weighted by Gasteiger charge is -2.31. The number of carbonyl (C=O) groups excluding carboxylic acids is 1. The van der Waals surface area contributed by atoms with Crippen LogP contribution in [-0.2, 0) is 17.8 Å². The van der Waals surface area contributed by atoms with Gasteiger partial charge in [-0.2, -0.15) is 0 Å². The summed E-state index contributed by atoms with van der Waals surface area (Å²) in [5, 5.41) is 9.81. The summed E-state index contributed by atoms with van der Waals surface area (Å²) >= 11 is 3.47. The highest BCUT2D eigenvalue weighted by Gasteiger charge is 2.33. The first-order chi connectivity index (χ1) is 12.6. The number of benzene rings is 1. The Morgan fingerprint density at radius 2 is 1.96 bits per heavy atom. The third-order valence-electron chi connectivity index (χ3n) is 4.22. The van der Waals surface area contributed by atoms with Crippen molar-refractivity contribution in [3.05, 3.63) is 45.9 Å². The van der Waals surface area contributed by atoms with Crippen LogP contribution in [0.3, 0.4) is 0 Å². The van der Waals surface area contributed by atoms with Crippen molar-refractivity contribution < 1.29 is 23.8 Å². The number of ether oxygens (including phenoxy) is 1. The van der Waals surface area contributed by atoms with Crippen LogP contribution in [0.1, 0.15) is 36.8 Å². The molecule has 2 aromatic rings. The van der Waals surface area contributed by atoms with Gasteiger partial charge in [0.1, 0.15) is 11.4 Å². The molecular weight excluding hydrogens is 419 g/mol. The molecule has 8 heteroatoms. The summed E-state index contributed by atoms with van der Waals surface area (Å²) in [4.78, 5) is 25.9. The lowest BCUT2D eigenvalue weighted by atomic mass is 10.0. The van der Waals surface area contributed by atoms with Crippen LogP contribution < -0.4 is 0 Å². The first-order valence-electron chi connectivity index (χ1n) is 8.46. The molecule has 0 radical (unpaired) electrons. The zero-order valence-corrected chi connectivity index (χ0v) is 16.8.